The third-order valence-electron chi connectivity index (χ3n) is 4.67. The van der Waals surface area contributed by atoms with Gasteiger partial charge in [-0.05, 0) is 45.0 Å². The largest absolute Gasteiger partial charge is 0.380 e. The molecular formula is C18H26N4O2. The molecule has 1 aliphatic rings. The van der Waals surface area contributed by atoms with Gasteiger partial charge in [-0.25, -0.2) is 14.0 Å². The average Bonchev–Trinajstić information content (AvgIpc) is 2.92. The van der Waals surface area contributed by atoms with Crippen LogP contribution in [0.1, 0.15) is 31.5 Å². The number of hydrogen-bond acceptors (Lipinski definition) is 4. The van der Waals surface area contributed by atoms with Gasteiger partial charge in [-0.1, -0.05) is 18.2 Å². The maximum Gasteiger partial charge on any atom is 0.350 e. The zero-order valence-corrected chi connectivity index (χ0v) is 14.5. The van der Waals surface area contributed by atoms with E-state index in [9.17, 15) is 4.79 Å². The number of aromatic nitrogens is 3. The molecule has 6 nitrogen and oxygen atoms in total. The molecule has 130 valence electrons. The van der Waals surface area contributed by atoms with Gasteiger partial charge in [0.2, 0.25) is 0 Å². The number of ether oxygens (including phenoxy) is 1. The van der Waals surface area contributed by atoms with Gasteiger partial charge < -0.3 is 9.64 Å². The third kappa shape index (κ3) is 3.60. The molecule has 1 aliphatic heterocycles. The fourth-order valence-corrected chi connectivity index (χ4v) is 3.32. The van der Waals surface area contributed by atoms with Crippen molar-refractivity contribution in [1.82, 2.24) is 19.2 Å². The van der Waals surface area contributed by atoms with Crippen LogP contribution in [0.25, 0.3) is 5.69 Å². The summed E-state index contributed by atoms with van der Waals surface area (Å²) in [5.41, 5.74) is 0.819. The Kier molecular flexibility index (Phi) is 5.48. The highest BCUT2D eigenvalue weighted by Crippen LogP contribution is 2.27. The number of nitrogens with zero attached hydrogens (tertiary/aromatic N) is 4. The van der Waals surface area contributed by atoms with E-state index >= 15 is 0 Å². The highest BCUT2D eigenvalue weighted by Gasteiger charge is 2.26. The van der Waals surface area contributed by atoms with Crippen LogP contribution in [0.4, 0.5) is 0 Å². The molecule has 0 bridgehead atoms. The Bertz CT molecular complexity index is 700. The van der Waals surface area contributed by atoms with Crippen molar-refractivity contribution >= 4 is 0 Å². The Labute approximate surface area is 142 Å². The molecule has 24 heavy (non-hydrogen) atoms. The maximum atomic E-state index is 12.5. The van der Waals surface area contributed by atoms with Gasteiger partial charge in [0, 0.05) is 26.1 Å². The van der Waals surface area contributed by atoms with E-state index in [4.69, 9.17) is 4.74 Å². The van der Waals surface area contributed by atoms with Crippen LogP contribution in [-0.4, -0.2) is 52.1 Å². The number of rotatable bonds is 6. The van der Waals surface area contributed by atoms with E-state index in [-0.39, 0.29) is 5.69 Å². The second-order valence-electron chi connectivity index (χ2n) is 6.25. The molecule has 0 aliphatic carbocycles. The first-order valence-electron chi connectivity index (χ1n) is 8.72. The highest BCUT2D eigenvalue weighted by molar-refractivity contribution is 5.32. The molecule has 1 aromatic heterocycles. The van der Waals surface area contributed by atoms with Crippen LogP contribution in [0.3, 0.4) is 0 Å². The maximum absolute atomic E-state index is 12.5. The molecule has 0 unspecified atom stereocenters. The summed E-state index contributed by atoms with van der Waals surface area (Å²) in [5, 5.41) is 4.53. The van der Waals surface area contributed by atoms with E-state index in [1.165, 1.54) is 4.68 Å². The minimum Gasteiger partial charge on any atom is -0.380 e. The van der Waals surface area contributed by atoms with Crippen LogP contribution in [-0.2, 0) is 11.8 Å². The quantitative estimate of drug-likeness (QED) is 0.758. The van der Waals surface area contributed by atoms with Crippen LogP contribution < -0.4 is 5.69 Å². The predicted octanol–water partition coefficient (Wildman–Crippen LogP) is 1.79. The van der Waals surface area contributed by atoms with Gasteiger partial charge in [-0.2, -0.15) is 5.10 Å². The number of hydrogen-bond donors (Lipinski definition) is 0. The van der Waals surface area contributed by atoms with E-state index in [1.807, 2.05) is 37.3 Å². The summed E-state index contributed by atoms with van der Waals surface area (Å²) in [4.78, 5) is 14.9. The van der Waals surface area contributed by atoms with Gasteiger partial charge in [0.05, 0.1) is 12.3 Å². The summed E-state index contributed by atoms with van der Waals surface area (Å²) in [6.45, 7) is 6.62. The second-order valence-corrected chi connectivity index (χ2v) is 6.25. The molecule has 1 fully saturated rings. The number of piperidine rings is 1. The van der Waals surface area contributed by atoms with E-state index in [0.29, 0.717) is 5.92 Å². The lowest BCUT2D eigenvalue weighted by Crippen LogP contribution is -2.36. The van der Waals surface area contributed by atoms with Gasteiger partial charge in [0.1, 0.15) is 5.82 Å². The van der Waals surface area contributed by atoms with Gasteiger partial charge in [0.25, 0.3) is 0 Å². The van der Waals surface area contributed by atoms with Crippen molar-refractivity contribution in [2.75, 3.05) is 32.8 Å². The molecule has 0 radical (unpaired) electrons. The minimum atomic E-state index is -0.0741. The number of aryl methyl sites for hydroxylation is 1. The highest BCUT2D eigenvalue weighted by atomic mass is 16.5. The fourth-order valence-electron chi connectivity index (χ4n) is 3.32. The molecule has 6 heteroatoms. The molecule has 0 amide bonds. The molecule has 0 spiro atoms. The van der Waals surface area contributed by atoms with Gasteiger partial charge in [-0.15, -0.1) is 0 Å². The Morgan fingerprint density at radius 1 is 1.21 bits per heavy atom. The fraction of sp³-hybridized carbons (Fsp3) is 0.556. The standard InChI is InChI=1S/C18H26N4O2/c1-3-24-14-13-21-11-9-15(10-12-21)17-19-20(2)18(23)22(17)16-7-5-4-6-8-16/h4-8,15H,3,9-14H2,1-2H3. The van der Waals surface area contributed by atoms with Crippen molar-refractivity contribution < 1.29 is 4.74 Å². The average molecular weight is 330 g/mol. The molecular weight excluding hydrogens is 304 g/mol. The normalized spacial score (nSPS) is 16.6. The zero-order chi connectivity index (χ0) is 16.9. The first-order chi connectivity index (χ1) is 11.7. The van der Waals surface area contributed by atoms with E-state index < -0.39 is 0 Å². The lowest BCUT2D eigenvalue weighted by Gasteiger charge is -2.31. The number of benzene rings is 1. The minimum absolute atomic E-state index is 0.0741. The molecule has 1 saturated heterocycles. The SMILES string of the molecule is CCOCCN1CCC(c2nn(C)c(=O)n2-c2ccccc2)CC1. The van der Waals surface area contributed by atoms with Crippen molar-refractivity contribution in [3.05, 3.63) is 46.6 Å². The van der Waals surface area contributed by atoms with Crippen molar-refractivity contribution in [1.29, 1.82) is 0 Å². The summed E-state index contributed by atoms with van der Waals surface area (Å²) in [6.07, 6.45) is 2.05. The summed E-state index contributed by atoms with van der Waals surface area (Å²) in [7, 11) is 1.72. The monoisotopic (exact) mass is 330 g/mol. The van der Waals surface area contributed by atoms with E-state index in [1.54, 1.807) is 11.6 Å². The van der Waals surface area contributed by atoms with Crippen molar-refractivity contribution in [3.63, 3.8) is 0 Å². The summed E-state index contributed by atoms with van der Waals surface area (Å²) in [6, 6.07) is 9.79. The smallest absolute Gasteiger partial charge is 0.350 e. The number of para-hydroxylation sites is 1. The zero-order valence-electron chi connectivity index (χ0n) is 14.5. The lowest BCUT2D eigenvalue weighted by molar-refractivity contribution is 0.101. The lowest BCUT2D eigenvalue weighted by atomic mass is 9.96. The Balaban J connectivity index is 1.75. The van der Waals surface area contributed by atoms with E-state index in [0.717, 1.165) is 57.2 Å². The molecule has 2 aromatic rings. The van der Waals surface area contributed by atoms with Crippen LogP contribution in [0, 0.1) is 0 Å². The summed E-state index contributed by atoms with van der Waals surface area (Å²) < 4.78 is 8.65. The van der Waals surface area contributed by atoms with Crippen LogP contribution >= 0.6 is 0 Å². The second kappa shape index (κ2) is 7.77. The molecule has 0 saturated carbocycles. The topological polar surface area (TPSA) is 52.3 Å². The van der Waals surface area contributed by atoms with E-state index in [2.05, 4.69) is 10.00 Å². The third-order valence-corrected chi connectivity index (χ3v) is 4.67. The summed E-state index contributed by atoms with van der Waals surface area (Å²) in [5.74, 6) is 1.21. The van der Waals surface area contributed by atoms with Crippen LogP contribution in [0.2, 0.25) is 0 Å². The predicted molar refractivity (Wildman–Crippen MR) is 93.7 cm³/mol. The Hall–Kier alpha value is -1.92. The van der Waals surface area contributed by atoms with Crippen LogP contribution in [0.15, 0.2) is 35.1 Å². The first-order valence-corrected chi connectivity index (χ1v) is 8.72. The molecule has 2 heterocycles. The summed E-state index contributed by atoms with van der Waals surface area (Å²) >= 11 is 0. The van der Waals surface area contributed by atoms with Crippen molar-refractivity contribution in [2.45, 2.75) is 25.7 Å². The molecule has 1 aromatic carbocycles. The first kappa shape index (κ1) is 16.9. The van der Waals surface area contributed by atoms with Gasteiger partial charge in [-0.3, -0.25) is 0 Å². The Morgan fingerprint density at radius 3 is 2.58 bits per heavy atom. The van der Waals surface area contributed by atoms with Crippen LogP contribution in [0.5, 0.6) is 0 Å². The van der Waals surface area contributed by atoms with Gasteiger partial charge in [0.15, 0.2) is 0 Å². The van der Waals surface area contributed by atoms with Crippen molar-refractivity contribution in [2.24, 2.45) is 7.05 Å². The van der Waals surface area contributed by atoms with Crippen molar-refractivity contribution in [3.8, 4) is 5.69 Å². The van der Waals surface area contributed by atoms with Gasteiger partial charge >= 0.3 is 5.69 Å². The molecule has 0 atom stereocenters. The Morgan fingerprint density at radius 2 is 1.92 bits per heavy atom. The molecule has 0 N–H and O–H groups in total. The molecule has 3 rings (SSSR count). The number of likely N-dealkylation sites (tertiary alicyclic amines) is 1.